The second-order valence-corrected chi connectivity index (χ2v) is 14.4. The highest BCUT2D eigenvalue weighted by atomic mass is 16.3. The summed E-state index contributed by atoms with van der Waals surface area (Å²) in [5.74, 6) is 1.83. The SMILES string of the molecule is c1ccc(-c2nc(-c3ccccc3)nc(-c3cccc4oc5ccc(-n6c7ccccc7c7ccc8c(c9ccccc9n8-c8ccccc8)c76)cc5c34)n2)cc1. The van der Waals surface area contributed by atoms with Gasteiger partial charge in [-0.3, -0.25) is 0 Å². The van der Waals surface area contributed by atoms with Crippen molar-refractivity contribution in [1.29, 1.82) is 0 Å². The highest BCUT2D eigenvalue weighted by Gasteiger charge is 2.23. The second-order valence-electron chi connectivity index (χ2n) is 14.4. The van der Waals surface area contributed by atoms with Crippen LogP contribution in [-0.2, 0) is 0 Å². The summed E-state index contributed by atoms with van der Waals surface area (Å²) >= 11 is 0. The normalized spacial score (nSPS) is 11.9. The minimum absolute atomic E-state index is 0.591. The summed E-state index contributed by atoms with van der Waals surface area (Å²) in [5.41, 5.74) is 11.1. The number of hydrogen-bond acceptors (Lipinski definition) is 4. The first-order chi connectivity index (χ1) is 28.3. The van der Waals surface area contributed by atoms with Crippen molar-refractivity contribution < 1.29 is 4.42 Å². The second kappa shape index (κ2) is 12.3. The lowest BCUT2D eigenvalue weighted by Gasteiger charge is -2.11. The predicted molar refractivity (Wildman–Crippen MR) is 232 cm³/mol. The molecule has 0 fully saturated rings. The minimum Gasteiger partial charge on any atom is -0.456 e. The summed E-state index contributed by atoms with van der Waals surface area (Å²) in [6, 6.07) is 65.5. The van der Waals surface area contributed by atoms with E-state index in [4.69, 9.17) is 19.4 Å². The first-order valence-corrected chi connectivity index (χ1v) is 19.1. The van der Waals surface area contributed by atoms with Crippen LogP contribution >= 0.6 is 0 Å². The zero-order valence-corrected chi connectivity index (χ0v) is 30.5. The van der Waals surface area contributed by atoms with Crippen LogP contribution in [0.4, 0.5) is 0 Å². The van der Waals surface area contributed by atoms with Gasteiger partial charge in [-0.1, -0.05) is 133 Å². The van der Waals surface area contributed by atoms with E-state index in [0.29, 0.717) is 17.5 Å². The maximum atomic E-state index is 6.59. The summed E-state index contributed by atoms with van der Waals surface area (Å²) in [5, 5.41) is 6.79. The van der Waals surface area contributed by atoms with Crippen LogP contribution in [0.1, 0.15) is 0 Å². The third kappa shape index (κ3) is 4.81. The van der Waals surface area contributed by atoms with Crippen LogP contribution in [0.15, 0.2) is 192 Å². The Morgan fingerprint density at radius 2 is 0.965 bits per heavy atom. The fraction of sp³-hybridized carbons (Fsp3) is 0. The Hall–Kier alpha value is -7.83. The van der Waals surface area contributed by atoms with Crippen LogP contribution in [0.3, 0.4) is 0 Å². The van der Waals surface area contributed by atoms with Gasteiger partial charge >= 0.3 is 0 Å². The molecule has 0 spiro atoms. The minimum atomic E-state index is 0.591. The molecule has 0 bridgehead atoms. The van der Waals surface area contributed by atoms with Crippen LogP contribution in [0.2, 0.25) is 0 Å². The number of para-hydroxylation sites is 3. The van der Waals surface area contributed by atoms with Crippen molar-refractivity contribution in [2.45, 2.75) is 0 Å². The van der Waals surface area contributed by atoms with Gasteiger partial charge in [-0.2, -0.15) is 0 Å². The van der Waals surface area contributed by atoms with Crippen LogP contribution in [0.25, 0.3) is 111 Å². The fourth-order valence-electron chi connectivity index (χ4n) is 8.70. The third-order valence-electron chi connectivity index (χ3n) is 11.2. The molecular formula is C51H31N5O. The average molecular weight is 730 g/mol. The zero-order valence-electron chi connectivity index (χ0n) is 30.5. The van der Waals surface area contributed by atoms with Gasteiger partial charge in [0.2, 0.25) is 0 Å². The zero-order chi connectivity index (χ0) is 37.5. The molecule has 0 atom stereocenters. The molecule has 0 aliphatic rings. The van der Waals surface area contributed by atoms with Crippen LogP contribution < -0.4 is 0 Å². The van der Waals surface area contributed by atoms with Gasteiger partial charge in [0.15, 0.2) is 17.5 Å². The van der Waals surface area contributed by atoms with Crippen molar-refractivity contribution in [3.8, 4) is 45.5 Å². The van der Waals surface area contributed by atoms with E-state index in [9.17, 15) is 0 Å². The van der Waals surface area contributed by atoms with Crippen molar-refractivity contribution in [2.75, 3.05) is 0 Å². The van der Waals surface area contributed by atoms with E-state index in [1.54, 1.807) is 0 Å². The van der Waals surface area contributed by atoms with E-state index in [1.165, 1.54) is 32.6 Å². The molecule has 0 saturated heterocycles. The lowest BCUT2D eigenvalue weighted by molar-refractivity contribution is 0.669. The monoisotopic (exact) mass is 729 g/mol. The number of rotatable bonds is 5. The van der Waals surface area contributed by atoms with Crippen molar-refractivity contribution in [3.63, 3.8) is 0 Å². The standard InChI is InChI=1S/C51H31N5O/c1-4-15-32(16-5-1)49-52-50(33-17-6-2-7-18-33)54-51(53-49)39-23-14-26-45-46(39)40-31-35(27-30-44(40)57-45)56-41-24-12-10-21-36(41)37-28-29-43-47(48(37)56)38-22-11-13-25-42(38)55(43)34-19-8-3-9-20-34/h1-31H. The van der Waals surface area contributed by atoms with Gasteiger partial charge in [-0.15, -0.1) is 0 Å². The molecule has 12 aromatic rings. The first kappa shape index (κ1) is 31.5. The Bertz CT molecular complexity index is 3450. The number of furan rings is 1. The van der Waals surface area contributed by atoms with Crippen LogP contribution in [0, 0.1) is 0 Å². The van der Waals surface area contributed by atoms with Crippen molar-refractivity contribution in [1.82, 2.24) is 24.1 Å². The van der Waals surface area contributed by atoms with Gasteiger partial charge in [0.05, 0.1) is 22.1 Å². The highest BCUT2D eigenvalue weighted by Crippen LogP contribution is 2.43. The number of aromatic nitrogens is 5. The fourth-order valence-corrected chi connectivity index (χ4v) is 8.70. The predicted octanol–water partition coefficient (Wildman–Crippen LogP) is 13.0. The van der Waals surface area contributed by atoms with Gasteiger partial charge < -0.3 is 13.6 Å². The van der Waals surface area contributed by atoms with Gasteiger partial charge in [-0.05, 0) is 54.6 Å². The quantitative estimate of drug-likeness (QED) is 0.177. The summed E-state index contributed by atoms with van der Waals surface area (Å²) in [6.07, 6.45) is 0. The van der Waals surface area contributed by atoms with Gasteiger partial charge in [0, 0.05) is 60.4 Å². The maximum Gasteiger partial charge on any atom is 0.164 e. The third-order valence-corrected chi connectivity index (χ3v) is 11.2. The smallest absolute Gasteiger partial charge is 0.164 e. The lowest BCUT2D eigenvalue weighted by atomic mass is 10.0. The first-order valence-electron chi connectivity index (χ1n) is 19.1. The average Bonchev–Trinajstić information content (AvgIpc) is 3.94. The van der Waals surface area contributed by atoms with Crippen molar-refractivity contribution >= 4 is 65.6 Å². The molecular weight excluding hydrogens is 699 g/mol. The lowest BCUT2D eigenvalue weighted by Crippen LogP contribution is -2.00. The molecule has 57 heavy (non-hydrogen) atoms. The Morgan fingerprint density at radius 3 is 1.68 bits per heavy atom. The number of fused-ring (bicyclic) bond motifs is 10. The largest absolute Gasteiger partial charge is 0.456 e. The van der Waals surface area contributed by atoms with Gasteiger partial charge in [0.25, 0.3) is 0 Å². The molecule has 266 valence electrons. The van der Waals surface area contributed by atoms with Crippen LogP contribution in [0.5, 0.6) is 0 Å². The van der Waals surface area contributed by atoms with Gasteiger partial charge in [-0.25, -0.2) is 15.0 Å². The molecule has 0 aliphatic carbocycles. The summed E-state index contributed by atoms with van der Waals surface area (Å²) in [4.78, 5) is 15.2. The molecule has 8 aromatic carbocycles. The Morgan fingerprint density at radius 1 is 0.351 bits per heavy atom. The van der Waals surface area contributed by atoms with E-state index >= 15 is 0 Å². The Kier molecular flexibility index (Phi) is 6.83. The van der Waals surface area contributed by atoms with E-state index in [2.05, 4.69) is 124 Å². The molecule has 0 amide bonds. The molecule has 0 unspecified atom stereocenters. The van der Waals surface area contributed by atoms with Crippen molar-refractivity contribution in [2.24, 2.45) is 0 Å². The molecule has 4 aromatic heterocycles. The molecule has 6 heteroatoms. The number of benzene rings is 8. The van der Waals surface area contributed by atoms with E-state index in [-0.39, 0.29) is 0 Å². The molecule has 0 radical (unpaired) electrons. The van der Waals surface area contributed by atoms with Crippen LogP contribution in [-0.4, -0.2) is 24.1 Å². The number of hydrogen-bond donors (Lipinski definition) is 0. The maximum absolute atomic E-state index is 6.59. The van der Waals surface area contributed by atoms with Crippen molar-refractivity contribution in [3.05, 3.63) is 188 Å². The van der Waals surface area contributed by atoms with Gasteiger partial charge in [0.1, 0.15) is 11.2 Å². The van der Waals surface area contributed by atoms with E-state index in [0.717, 1.165) is 61.0 Å². The molecule has 4 heterocycles. The Balaban J connectivity index is 1.14. The summed E-state index contributed by atoms with van der Waals surface area (Å²) in [7, 11) is 0. The molecule has 0 saturated carbocycles. The number of nitrogens with zero attached hydrogens (tertiary/aromatic N) is 5. The molecule has 12 rings (SSSR count). The van der Waals surface area contributed by atoms with E-state index in [1.807, 2.05) is 72.8 Å². The van der Waals surface area contributed by atoms with E-state index < -0.39 is 0 Å². The topological polar surface area (TPSA) is 61.7 Å². The molecule has 0 N–H and O–H groups in total. The summed E-state index contributed by atoms with van der Waals surface area (Å²) < 4.78 is 11.4. The molecule has 6 nitrogen and oxygen atoms in total. The molecule has 0 aliphatic heterocycles. The Labute approximate surface area is 326 Å². The highest BCUT2D eigenvalue weighted by molar-refractivity contribution is 6.26. The summed E-state index contributed by atoms with van der Waals surface area (Å²) in [6.45, 7) is 0.